The third-order valence-corrected chi connectivity index (χ3v) is 2.64. The Morgan fingerprint density at radius 3 is 2.67 bits per heavy atom. The Balaban J connectivity index is 2.40. The van der Waals surface area contributed by atoms with Crippen molar-refractivity contribution < 1.29 is 14.7 Å². The second-order valence-electron chi connectivity index (χ2n) is 3.96. The highest BCUT2D eigenvalue weighted by Crippen LogP contribution is 2.11. The SMILES string of the molecule is CC(=O)c1cc(C(=O)O)n(Cc2nncn2C)c1. The molecule has 0 unspecified atom stereocenters. The normalized spacial score (nSPS) is 10.6. The van der Waals surface area contributed by atoms with Crippen molar-refractivity contribution in [3.63, 3.8) is 0 Å². The van der Waals surface area contributed by atoms with E-state index in [0.29, 0.717) is 11.4 Å². The Kier molecular flexibility index (Phi) is 2.97. The highest BCUT2D eigenvalue weighted by molar-refractivity contribution is 5.97. The number of carboxylic acids is 1. The van der Waals surface area contributed by atoms with E-state index in [0.717, 1.165) is 0 Å². The van der Waals surface area contributed by atoms with E-state index in [9.17, 15) is 9.59 Å². The summed E-state index contributed by atoms with van der Waals surface area (Å²) in [4.78, 5) is 22.4. The zero-order chi connectivity index (χ0) is 13.3. The van der Waals surface area contributed by atoms with Crippen molar-refractivity contribution in [2.75, 3.05) is 0 Å². The maximum atomic E-state index is 11.3. The van der Waals surface area contributed by atoms with E-state index in [4.69, 9.17) is 5.11 Å². The fourth-order valence-electron chi connectivity index (χ4n) is 1.62. The van der Waals surface area contributed by atoms with Gasteiger partial charge in [-0.3, -0.25) is 4.79 Å². The second kappa shape index (κ2) is 4.44. The fraction of sp³-hybridized carbons (Fsp3) is 0.273. The molecule has 0 fully saturated rings. The maximum absolute atomic E-state index is 11.3. The Hall–Kier alpha value is -2.44. The molecule has 0 bridgehead atoms. The van der Waals surface area contributed by atoms with Crippen LogP contribution in [0.2, 0.25) is 0 Å². The number of hydrogen-bond donors (Lipinski definition) is 1. The second-order valence-corrected chi connectivity index (χ2v) is 3.96. The molecule has 18 heavy (non-hydrogen) atoms. The molecule has 0 aromatic carbocycles. The van der Waals surface area contributed by atoms with E-state index in [-0.39, 0.29) is 18.0 Å². The lowest BCUT2D eigenvalue weighted by molar-refractivity contribution is 0.0685. The molecule has 0 amide bonds. The molecule has 0 saturated heterocycles. The molecule has 0 spiro atoms. The van der Waals surface area contributed by atoms with Gasteiger partial charge in [0.1, 0.15) is 12.0 Å². The summed E-state index contributed by atoms with van der Waals surface area (Å²) in [6.07, 6.45) is 3.05. The average molecular weight is 248 g/mol. The predicted molar refractivity (Wildman–Crippen MR) is 61.5 cm³/mol. The third-order valence-electron chi connectivity index (χ3n) is 2.64. The fourth-order valence-corrected chi connectivity index (χ4v) is 1.62. The summed E-state index contributed by atoms with van der Waals surface area (Å²) in [5.41, 5.74) is 0.428. The van der Waals surface area contributed by atoms with Crippen molar-refractivity contribution >= 4 is 11.8 Å². The van der Waals surface area contributed by atoms with Crippen LogP contribution in [-0.4, -0.2) is 36.2 Å². The molecule has 2 rings (SSSR count). The molecule has 7 nitrogen and oxygen atoms in total. The van der Waals surface area contributed by atoms with Crippen LogP contribution >= 0.6 is 0 Å². The van der Waals surface area contributed by atoms with E-state index in [1.165, 1.54) is 30.1 Å². The van der Waals surface area contributed by atoms with Gasteiger partial charge in [0.05, 0.1) is 6.54 Å². The van der Waals surface area contributed by atoms with Crippen LogP contribution in [0, 0.1) is 0 Å². The highest BCUT2D eigenvalue weighted by atomic mass is 16.4. The van der Waals surface area contributed by atoms with Crippen LogP contribution in [-0.2, 0) is 13.6 Å². The van der Waals surface area contributed by atoms with E-state index in [2.05, 4.69) is 10.2 Å². The summed E-state index contributed by atoms with van der Waals surface area (Å²) in [7, 11) is 1.77. The van der Waals surface area contributed by atoms with Gasteiger partial charge < -0.3 is 14.2 Å². The zero-order valence-corrected chi connectivity index (χ0v) is 9.99. The molecule has 0 aliphatic heterocycles. The van der Waals surface area contributed by atoms with E-state index in [1.54, 1.807) is 11.6 Å². The van der Waals surface area contributed by atoms with Gasteiger partial charge in [0.2, 0.25) is 0 Å². The first-order valence-corrected chi connectivity index (χ1v) is 5.26. The summed E-state index contributed by atoms with van der Waals surface area (Å²) in [5.74, 6) is -0.637. The van der Waals surface area contributed by atoms with Crippen molar-refractivity contribution in [3.05, 3.63) is 35.7 Å². The minimum absolute atomic E-state index is 0.0585. The average Bonchev–Trinajstić information content (AvgIpc) is 2.87. The molecule has 2 heterocycles. The maximum Gasteiger partial charge on any atom is 0.352 e. The molecule has 7 heteroatoms. The largest absolute Gasteiger partial charge is 0.477 e. The number of carboxylic acid groups (broad SMARTS) is 1. The first kappa shape index (κ1) is 12.0. The van der Waals surface area contributed by atoms with Gasteiger partial charge in [-0.05, 0) is 13.0 Å². The predicted octanol–water partition coefficient (Wildman–Crippen LogP) is 0.566. The molecule has 0 aliphatic rings. The van der Waals surface area contributed by atoms with Crippen LogP contribution < -0.4 is 0 Å². The number of nitrogens with zero attached hydrogens (tertiary/aromatic N) is 4. The minimum Gasteiger partial charge on any atom is -0.477 e. The van der Waals surface area contributed by atoms with Crippen LogP contribution in [0.4, 0.5) is 0 Å². The van der Waals surface area contributed by atoms with Gasteiger partial charge in [0, 0.05) is 18.8 Å². The number of ketones is 1. The van der Waals surface area contributed by atoms with Gasteiger partial charge >= 0.3 is 5.97 Å². The molecule has 0 radical (unpaired) electrons. The van der Waals surface area contributed by atoms with Crippen molar-refractivity contribution in [1.29, 1.82) is 0 Å². The minimum atomic E-state index is -1.08. The van der Waals surface area contributed by atoms with Crippen molar-refractivity contribution in [1.82, 2.24) is 19.3 Å². The standard InChI is InChI=1S/C11H12N4O3/c1-7(16)8-3-9(11(17)18)15(4-8)5-10-13-12-6-14(10)2/h3-4,6H,5H2,1-2H3,(H,17,18). The molecule has 0 aliphatic carbocycles. The number of rotatable bonds is 4. The molecule has 2 aromatic heterocycles. The Bertz CT molecular complexity index is 612. The first-order valence-electron chi connectivity index (χ1n) is 5.26. The number of aromatic nitrogens is 4. The quantitative estimate of drug-likeness (QED) is 0.799. The smallest absolute Gasteiger partial charge is 0.352 e. The summed E-state index contributed by atoms with van der Waals surface area (Å²) in [5, 5.41) is 16.7. The Morgan fingerprint density at radius 1 is 1.44 bits per heavy atom. The molecule has 0 atom stereocenters. The van der Waals surface area contributed by atoms with Crippen molar-refractivity contribution in [2.24, 2.45) is 7.05 Å². The number of Topliss-reactive ketones (excluding diaryl/α,β-unsaturated/α-hetero) is 1. The first-order chi connectivity index (χ1) is 8.49. The lowest BCUT2D eigenvalue weighted by atomic mass is 10.2. The summed E-state index contributed by atoms with van der Waals surface area (Å²) >= 11 is 0. The van der Waals surface area contributed by atoms with Gasteiger partial charge in [-0.15, -0.1) is 10.2 Å². The van der Waals surface area contributed by atoms with Crippen LogP contribution in [0.15, 0.2) is 18.6 Å². The van der Waals surface area contributed by atoms with Gasteiger partial charge in [0.15, 0.2) is 11.6 Å². The summed E-state index contributed by atoms with van der Waals surface area (Å²) < 4.78 is 3.17. The summed E-state index contributed by atoms with van der Waals surface area (Å²) in [6.45, 7) is 1.65. The highest BCUT2D eigenvalue weighted by Gasteiger charge is 2.16. The number of carbonyl (C=O) groups excluding carboxylic acids is 1. The van der Waals surface area contributed by atoms with Crippen LogP contribution in [0.1, 0.15) is 33.6 Å². The van der Waals surface area contributed by atoms with Crippen LogP contribution in [0.3, 0.4) is 0 Å². The van der Waals surface area contributed by atoms with Gasteiger partial charge in [-0.1, -0.05) is 0 Å². The van der Waals surface area contributed by atoms with Crippen molar-refractivity contribution in [3.8, 4) is 0 Å². The molecule has 1 N–H and O–H groups in total. The van der Waals surface area contributed by atoms with Gasteiger partial charge in [-0.25, -0.2) is 4.79 Å². The lowest BCUT2D eigenvalue weighted by Gasteiger charge is -2.04. The van der Waals surface area contributed by atoms with Gasteiger partial charge in [-0.2, -0.15) is 0 Å². The number of aryl methyl sites for hydroxylation is 1. The lowest BCUT2D eigenvalue weighted by Crippen LogP contribution is -2.11. The van der Waals surface area contributed by atoms with E-state index in [1.807, 2.05) is 0 Å². The number of aromatic carboxylic acids is 1. The monoisotopic (exact) mass is 248 g/mol. The molecular weight excluding hydrogens is 236 g/mol. The number of carbonyl (C=O) groups is 2. The zero-order valence-electron chi connectivity index (χ0n) is 9.99. The Morgan fingerprint density at radius 2 is 2.17 bits per heavy atom. The van der Waals surface area contributed by atoms with Crippen LogP contribution in [0.25, 0.3) is 0 Å². The van der Waals surface area contributed by atoms with Gasteiger partial charge in [0.25, 0.3) is 0 Å². The Labute approximate surface area is 103 Å². The topological polar surface area (TPSA) is 90.0 Å². The molecule has 2 aromatic rings. The third kappa shape index (κ3) is 2.15. The van der Waals surface area contributed by atoms with Crippen LogP contribution in [0.5, 0.6) is 0 Å². The molecule has 0 saturated carbocycles. The van der Waals surface area contributed by atoms with E-state index >= 15 is 0 Å². The van der Waals surface area contributed by atoms with Crippen molar-refractivity contribution in [2.45, 2.75) is 13.5 Å². The molecule has 94 valence electrons. The number of hydrogen-bond acceptors (Lipinski definition) is 4. The van der Waals surface area contributed by atoms with E-state index < -0.39 is 5.97 Å². The molecular formula is C11H12N4O3. The summed E-state index contributed by atoms with van der Waals surface area (Å²) in [6, 6.07) is 1.36.